The van der Waals surface area contributed by atoms with E-state index in [1.54, 1.807) is 0 Å². The van der Waals surface area contributed by atoms with Crippen LogP contribution in [0.5, 0.6) is 0 Å². The number of rotatable bonds is 8. The summed E-state index contributed by atoms with van der Waals surface area (Å²) in [4.78, 5) is 21.5. The molecule has 3 atom stereocenters. The van der Waals surface area contributed by atoms with E-state index in [2.05, 4.69) is 19.2 Å². The van der Waals surface area contributed by atoms with Crippen LogP contribution in [-0.4, -0.2) is 75.1 Å². The first-order valence-electron chi connectivity index (χ1n) is 9.85. The fourth-order valence-electron chi connectivity index (χ4n) is 3.01. The molecule has 3 unspecified atom stereocenters. The van der Waals surface area contributed by atoms with Gasteiger partial charge in [0.25, 0.3) is 0 Å². The molecule has 1 saturated heterocycles. The minimum atomic E-state index is -4.52. The number of aliphatic hydroxyl groups is 2. The number of halogens is 4. The van der Waals surface area contributed by atoms with Crippen molar-refractivity contribution in [3.05, 3.63) is 35.1 Å². The molecule has 0 amide bonds. The Hall–Kier alpha value is -2.28. The van der Waals surface area contributed by atoms with Crippen molar-refractivity contribution in [3.8, 4) is 0 Å². The molecule has 0 bridgehead atoms. The van der Waals surface area contributed by atoms with Crippen LogP contribution in [0, 0.1) is 11.7 Å². The summed E-state index contributed by atoms with van der Waals surface area (Å²) in [6.45, 7) is 6.82. The summed E-state index contributed by atoms with van der Waals surface area (Å²) in [5.41, 5.74) is -0.732. The molecule has 8 nitrogen and oxygen atoms in total. The second-order valence-electron chi connectivity index (χ2n) is 7.89. The molecule has 1 fully saturated rings. The van der Waals surface area contributed by atoms with E-state index in [1.165, 1.54) is 6.07 Å². The van der Waals surface area contributed by atoms with Crippen molar-refractivity contribution in [3.63, 3.8) is 0 Å². The Morgan fingerprint density at radius 1 is 1.16 bits per heavy atom. The molecule has 182 valence electrons. The number of nitrogens with one attached hydrogen (secondary N) is 1. The monoisotopic (exact) mass is 468 g/mol. The number of carbonyl (C=O) groups is 2. The van der Waals surface area contributed by atoms with Crippen LogP contribution in [0.3, 0.4) is 0 Å². The maximum Gasteiger partial charge on any atom is 0.416 e. The van der Waals surface area contributed by atoms with E-state index in [-0.39, 0.29) is 12.1 Å². The van der Waals surface area contributed by atoms with Crippen molar-refractivity contribution in [2.75, 3.05) is 19.6 Å². The Morgan fingerprint density at radius 2 is 1.72 bits per heavy atom. The zero-order chi connectivity index (χ0) is 24.6. The molecule has 0 saturated carbocycles. The SMILES string of the molecule is CC(C)CNC1CCN(Cc2ccc(F)cc2C(F)(F)F)C1.O=C(O)C(O)C(O)C(=O)O. The van der Waals surface area contributed by atoms with Crippen molar-refractivity contribution in [1.29, 1.82) is 0 Å². The summed E-state index contributed by atoms with van der Waals surface area (Å²) in [5, 5.41) is 36.0. The highest BCUT2D eigenvalue weighted by molar-refractivity contribution is 5.83. The Bertz CT molecular complexity index is 757. The molecule has 1 heterocycles. The van der Waals surface area contributed by atoms with Crippen LogP contribution in [0.25, 0.3) is 0 Å². The first-order valence-corrected chi connectivity index (χ1v) is 9.85. The molecule has 1 aliphatic rings. The second kappa shape index (κ2) is 12.1. The van der Waals surface area contributed by atoms with Crippen LogP contribution in [0.4, 0.5) is 17.6 Å². The number of aliphatic hydroxyl groups excluding tert-OH is 2. The molecule has 1 aliphatic heterocycles. The van der Waals surface area contributed by atoms with Crippen LogP contribution in [0.15, 0.2) is 18.2 Å². The second-order valence-corrected chi connectivity index (χ2v) is 7.89. The first-order chi connectivity index (χ1) is 14.7. The standard InChI is InChI=1S/C16H22F4N2.C4H6O6/c1-11(2)8-21-14-5-6-22(10-14)9-12-3-4-13(17)7-15(12)16(18,19)20;5-1(3(7)8)2(6)4(9)10/h3-4,7,11,14,21H,5-6,8-10H2,1-2H3;1-2,5-6H,(H,7,8)(H,9,10). The maximum absolute atomic E-state index is 13.1. The lowest BCUT2D eigenvalue weighted by Crippen LogP contribution is -2.39. The molecule has 2 rings (SSSR count). The highest BCUT2D eigenvalue weighted by Crippen LogP contribution is 2.33. The van der Waals surface area contributed by atoms with E-state index < -0.39 is 41.7 Å². The van der Waals surface area contributed by atoms with Gasteiger partial charge in [-0.3, -0.25) is 4.90 Å². The third-order valence-electron chi connectivity index (χ3n) is 4.66. The van der Waals surface area contributed by atoms with Crippen molar-refractivity contribution < 1.29 is 47.6 Å². The first kappa shape index (κ1) is 27.8. The van der Waals surface area contributed by atoms with Gasteiger partial charge < -0.3 is 25.7 Å². The zero-order valence-electron chi connectivity index (χ0n) is 17.6. The number of alkyl halides is 3. The number of aliphatic carboxylic acids is 2. The quantitative estimate of drug-likeness (QED) is 0.364. The van der Waals surface area contributed by atoms with Gasteiger partial charge in [-0.05, 0) is 36.6 Å². The summed E-state index contributed by atoms with van der Waals surface area (Å²) in [7, 11) is 0. The summed E-state index contributed by atoms with van der Waals surface area (Å²) in [6, 6.07) is 3.24. The maximum atomic E-state index is 13.1. The van der Waals surface area contributed by atoms with Gasteiger partial charge in [-0.2, -0.15) is 13.2 Å². The van der Waals surface area contributed by atoms with Gasteiger partial charge in [-0.15, -0.1) is 0 Å². The number of likely N-dealkylation sites (tertiary alicyclic amines) is 1. The molecular formula is C20H28F4N2O6. The smallest absolute Gasteiger partial charge is 0.416 e. The van der Waals surface area contributed by atoms with Crippen molar-refractivity contribution in [2.45, 2.75) is 51.2 Å². The van der Waals surface area contributed by atoms with Crippen LogP contribution in [0.1, 0.15) is 31.4 Å². The highest BCUT2D eigenvalue weighted by Gasteiger charge is 2.35. The fraction of sp³-hybridized carbons (Fsp3) is 0.600. The van der Waals surface area contributed by atoms with Gasteiger partial charge in [0.1, 0.15) is 5.82 Å². The van der Waals surface area contributed by atoms with E-state index in [0.717, 1.165) is 32.1 Å². The average Bonchev–Trinajstić information content (AvgIpc) is 3.13. The predicted octanol–water partition coefficient (Wildman–Crippen LogP) is 1.54. The Morgan fingerprint density at radius 3 is 2.19 bits per heavy atom. The third kappa shape index (κ3) is 9.07. The minimum absolute atomic E-state index is 0.137. The molecule has 0 radical (unpaired) electrons. The molecule has 1 aromatic rings. The summed E-state index contributed by atoms with van der Waals surface area (Å²) in [5.74, 6) is -3.85. The third-order valence-corrected chi connectivity index (χ3v) is 4.66. The number of hydrogen-bond donors (Lipinski definition) is 5. The van der Waals surface area contributed by atoms with E-state index in [4.69, 9.17) is 20.4 Å². The number of nitrogens with zero attached hydrogens (tertiary/aromatic N) is 1. The van der Waals surface area contributed by atoms with Crippen LogP contribution >= 0.6 is 0 Å². The zero-order valence-corrected chi connectivity index (χ0v) is 17.6. The largest absolute Gasteiger partial charge is 0.479 e. The minimum Gasteiger partial charge on any atom is -0.479 e. The van der Waals surface area contributed by atoms with Crippen molar-refractivity contribution in [1.82, 2.24) is 10.2 Å². The van der Waals surface area contributed by atoms with Gasteiger partial charge in [-0.1, -0.05) is 19.9 Å². The molecule has 12 heteroatoms. The van der Waals surface area contributed by atoms with Crippen LogP contribution in [0.2, 0.25) is 0 Å². The van der Waals surface area contributed by atoms with Gasteiger partial charge in [0.2, 0.25) is 0 Å². The Labute approximate surface area is 182 Å². The van der Waals surface area contributed by atoms with Gasteiger partial charge in [0, 0.05) is 25.7 Å². The van der Waals surface area contributed by atoms with E-state index >= 15 is 0 Å². The lowest BCUT2D eigenvalue weighted by atomic mass is 10.1. The van der Waals surface area contributed by atoms with Gasteiger partial charge in [0.05, 0.1) is 5.56 Å². The number of benzene rings is 1. The van der Waals surface area contributed by atoms with E-state index in [1.807, 2.05) is 4.90 Å². The van der Waals surface area contributed by atoms with Crippen LogP contribution < -0.4 is 5.32 Å². The Balaban J connectivity index is 0.000000433. The molecule has 32 heavy (non-hydrogen) atoms. The lowest BCUT2D eigenvalue weighted by Gasteiger charge is -2.20. The normalized spacial score (nSPS) is 18.7. The van der Waals surface area contributed by atoms with E-state index in [9.17, 15) is 27.2 Å². The Kier molecular flexibility index (Phi) is 10.5. The molecular weight excluding hydrogens is 440 g/mol. The number of carboxylic acids is 2. The van der Waals surface area contributed by atoms with Crippen molar-refractivity contribution >= 4 is 11.9 Å². The molecule has 1 aromatic carbocycles. The fourth-order valence-corrected chi connectivity index (χ4v) is 3.01. The molecule has 0 aromatic heterocycles. The van der Waals surface area contributed by atoms with Gasteiger partial charge >= 0.3 is 18.1 Å². The van der Waals surface area contributed by atoms with Gasteiger partial charge in [0.15, 0.2) is 12.2 Å². The highest BCUT2D eigenvalue weighted by atomic mass is 19.4. The molecule has 0 aliphatic carbocycles. The summed E-state index contributed by atoms with van der Waals surface area (Å²) >= 11 is 0. The summed E-state index contributed by atoms with van der Waals surface area (Å²) < 4.78 is 52.1. The lowest BCUT2D eigenvalue weighted by molar-refractivity contribution is -0.165. The number of hydrogen-bond acceptors (Lipinski definition) is 6. The van der Waals surface area contributed by atoms with Crippen molar-refractivity contribution in [2.24, 2.45) is 5.92 Å². The average molecular weight is 468 g/mol. The predicted molar refractivity (Wildman–Crippen MR) is 105 cm³/mol. The number of carboxylic acid groups (broad SMARTS) is 2. The van der Waals surface area contributed by atoms with Gasteiger partial charge in [-0.25, -0.2) is 14.0 Å². The van der Waals surface area contributed by atoms with E-state index in [0.29, 0.717) is 18.0 Å². The molecule has 5 N–H and O–H groups in total. The topological polar surface area (TPSA) is 130 Å². The molecule has 0 spiro atoms. The van der Waals surface area contributed by atoms with Crippen LogP contribution in [-0.2, 0) is 22.3 Å². The summed E-state index contributed by atoms with van der Waals surface area (Å²) in [6.07, 6.45) is -8.13.